The average Bonchev–Trinajstić information content (AvgIpc) is 3.21. The van der Waals surface area contributed by atoms with Gasteiger partial charge in [0.2, 0.25) is 0 Å². The lowest BCUT2D eigenvalue weighted by molar-refractivity contribution is -0.0963. The van der Waals surface area contributed by atoms with Crippen LogP contribution in [0.4, 0.5) is 0 Å². The fourth-order valence-corrected chi connectivity index (χ4v) is 4.63. The Hall–Kier alpha value is -3.06. The quantitative estimate of drug-likeness (QED) is 0.658. The first-order valence-corrected chi connectivity index (χ1v) is 10.4. The molecule has 1 fully saturated rings. The van der Waals surface area contributed by atoms with E-state index in [1.54, 1.807) is 0 Å². The predicted molar refractivity (Wildman–Crippen MR) is 112 cm³/mol. The zero-order valence-corrected chi connectivity index (χ0v) is 17.3. The number of ether oxygens (including phenoxy) is 1. The van der Waals surface area contributed by atoms with Gasteiger partial charge < -0.3 is 9.64 Å². The number of hydrogen-bond donors (Lipinski definition) is 0. The van der Waals surface area contributed by atoms with Gasteiger partial charge in [-0.05, 0) is 50.8 Å². The highest BCUT2D eigenvalue weighted by Gasteiger charge is 2.44. The van der Waals surface area contributed by atoms with Gasteiger partial charge in [-0.2, -0.15) is 5.10 Å². The van der Waals surface area contributed by atoms with Gasteiger partial charge in [-0.3, -0.25) is 4.79 Å². The summed E-state index contributed by atoms with van der Waals surface area (Å²) in [6, 6.07) is 10.2. The van der Waals surface area contributed by atoms with Crippen molar-refractivity contribution in [3.05, 3.63) is 71.1 Å². The number of aromatic nitrogens is 4. The maximum absolute atomic E-state index is 13.1. The second-order valence-corrected chi connectivity index (χ2v) is 8.09. The molecular weight excluding hydrogens is 378 g/mol. The third kappa shape index (κ3) is 3.10. The fraction of sp³-hybridized carbons (Fsp3) is 0.391. The molecule has 1 amide bonds. The van der Waals surface area contributed by atoms with Crippen molar-refractivity contribution in [2.75, 3.05) is 19.7 Å². The molecule has 0 radical (unpaired) electrons. The van der Waals surface area contributed by atoms with Crippen molar-refractivity contribution >= 4 is 5.91 Å². The number of nitrogens with zero attached hydrogens (tertiary/aromatic N) is 5. The first-order valence-electron chi connectivity index (χ1n) is 10.4. The SMILES string of the molecule is Cc1ncnc(C)c1C(=O)N1CCC2(CC1)OCCc1cn(-c3ccccc3)nc12. The van der Waals surface area contributed by atoms with E-state index in [-0.39, 0.29) is 5.91 Å². The molecule has 7 heteroatoms. The van der Waals surface area contributed by atoms with Crippen molar-refractivity contribution in [1.82, 2.24) is 24.6 Å². The molecule has 3 aromatic rings. The summed E-state index contributed by atoms with van der Waals surface area (Å²) in [6.45, 7) is 5.67. The van der Waals surface area contributed by atoms with E-state index >= 15 is 0 Å². The number of aryl methyl sites for hydroxylation is 2. The van der Waals surface area contributed by atoms with E-state index in [2.05, 4.69) is 28.3 Å². The van der Waals surface area contributed by atoms with Gasteiger partial charge in [-0.25, -0.2) is 14.6 Å². The van der Waals surface area contributed by atoms with E-state index in [0.29, 0.717) is 25.3 Å². The van der Waals surface area contributed by atoms with Crippen LogP contribution in [0.2, 0.25) is 0 Å². The zero-order chi connectivity index (χ0) is 20.7. The Labute approximate surface area is 175 Å². The summed E-state index contributed by atoms with van der Waals surface area (Å²) < 4.78 is 8.28. The Morgan fingerprint density at radius 1 is 1.07 bits per heavy atom. The lowest BCUT2D eigenvalue weighted by Gasteiger charge is -2.43. The van der Waals surface area contributed by atoms with Crippen LogP contribution in [-0.4, -0.2) is 50.3 Å². The van der Waals surface area contributed by atoms with E-state index < -0.39 is 5.60 Å². The van der Waals surface area contributed by atoms with Crippen LogP contribution < -0.4 is 0 Å². The Bertz CT molecular complexity index is 1060. The summed E-state index contributed by atoms with van der Waals surface area (Å²) in [7, 11) is 0. The summed E-state index contributed by atoms with van der Waals surface area (Å²) in [4.78, 5) is 23.4. The van der Waals surface area contributed by atoms with Crippen molar-refractivity contribution in [1.29, 1.82) is 0 Å². The second kappa shape index (κ2) is 7.32. The van der Waals surface area contributed by atoms with Crippen molar-refractivity contribution < 1.29 is 9.53 Å². The van der Waals surface area contributed by atoms with E-state index in [1.807, 2.05) is 41.6 Å². The van der Waals surface area contributed by atoms with Gasteiger partial charge in [0.05, 0.1) is 34.9 Å². The van der Waals surface area contributed by atoms with Gasteiger partial charge in [0.25, 0.3) is 5.91 Å². The van der Waals surface area contributed by atoms with Crippen molar-refractivity contribution in [2.24, 2.45) is 0 Å². The van der Waals surface area contributed by atoms with E-state index in [4.69, 9.17) is 9.84 Å². The molecule has 2 aliphatic rings. The molecule has 0 atom stereocenters. The number of rotatable bonds is 2. The molecule has 0 N–H and O–H groups in total. The minimum absolute atomic E-state index is 0.00583. The van der Waals surface area contributed by atoms with Gasteiger partial charge >= 0.3 is 0 Å². The summed E-state index contributed by atoms with van der Waals surface area (Å²) in [6.07, 6.45) is 5.98. The van der Waals surface area contributed by atoms with Crippen molar-refractivity contribution in [3.63, 3.8) is 0 Å². The van der Waals surface area contributed by atoms with Crippen LogP contribution in [0.5, 0.6) is 0 Å². The van der Waals surface area contributed by atoms with Gasteiger partial charge in [0, 0.05) is 19.3 Å². The molecule has 2 aromatic heterocycles. The van der Waals surface area contributed by atoms with Crippen LogP contribution >= 0.6 is 0 Å². The summed E-state index contributed by atoms with van der Waals surface area (Å²) in [5.74, 6) is 0.00583. The van der Waals surface area contributed by atoms with Crippen LogP contribution in [0, 0.1) is 13.8 Å². The number of para-hydroxylation sites is 1. The normalized spacial score (nSPS) is 17.7. The number of benzene rings is 1. The standard InChI is InChI=1S/C23H25N5O2/c1-16-20(17(2)25-15-24-16)22(29)27-11-9-23(10-12-27)21-18(8-13-30-23)14-28(26-21)19-6-4-3-5-7-19/h3-7,14-15H,8-13H2,1-2H3. The third-order valence-corrected chi connectivity index (χ3v) is 6.29. The molecule has 0 unspecified atom stereocenters. The highest BCUT2D eigenvalue weighted by atomic mass is 16.5. The molecular formula is C23H25N5O2. The van der Waals surface area contributed by atoms with Gasteiger partial charge in [0.15, 0.2) is 0 Å². The molecule has 7 nitrogen and oxygen atoms in total. The first kappa shape index (κ1) is 18.9. The highest BCUT2D eigenvalue weighted by Crippen LogP contribution is 2.41. The molecule has 0 aliphatic carbocycles. The summed E-state index contributed by atoms with van der Waals surface area (Å²) >= 11 is 0. The predicted octanol–water partition coefficient (Wildman–Crippen LogP) is 2.98. The molecule has 0 saturated carbocycles. The second-order valence-electron chi connectivity index (χ2n) is 8.09. The van der Waals surface area contributed by atoms with E-state index in [0.717, 1.165) is 42.0 Å². The number of likely N-dealkylation sites (tertiary alicyclic amines) is 1. The maximum atomic E-state index is 13.1. The Morgan fingerprint density at radius 3 is 2.47 bits per heavy atom. The smallest absolute Gasteiger partial charge is 0.257 e. The van der Waals surface area contributed by atoms with Crippen molar-refractivity contribution in [2.45, 2.75) is 38.7 Å². The molecule has 154 valence electrons. The Balaban J connectivity index is 1.39. The number of hydrogen-bond acceptors (Lipinski definition) is 5. The van der Waals surface area contributed by atoms with Crippen LogP contribution in [-0.2, 0) is 16.8 Å². The molecule has 30 heavy (non-hydrogen) atoms. The number of fused-ring (bicyclic) bond motifs is 2. The van der Waals surface area contributed by atoms with Crippen LogP contribution in [0.25, 0.3) is 5.69 Å². The lowest BCUT2D eigenvalue weighted by atomic mass is 9.83. The number of piperidine rings is 1. The topological polar surface area (TPSA) is 73.1 Å². The first-order chi connectivity index (χ1) is 14.6. The zero-order valence-electron chi connectivity index (χ0n) is 17.3. The summed E-state index contributed by atoms with van der Waals surface area (Å²) in [5, 5.41) is 4.92. The molecule has 5 rings (SSSR count). The minimum atomic E-state index is -0.415. The number of amides is 1. The number of carbonyl (C=O) groups is 1. The minimum Gasteiger partial charge on any atom is -0.368 e. The molecule has 1 spiro atoms. The average molecular weight is 403 g/mol. The molecule has 4 heterocycles. The van der Waals surface area contributed by atoms with Crippen LogP contribution in [0.1, 0.15) is 45.8 Å². The van der Waals surface area contributed by atoms with Gasteiger partial charge in [-0.1, -0.05) is 18.2 Å². The Morgan fingerprint density at radius 2 is 1.77 bits per heavy atom. The molecule has 1 aromatic carbocycles. The lowest BCUT2D eigenvalue weighted by Crippen LogP contribution is -2.48. The van der Waals surface area contributed by atoms with Gasteiger partial charge in [0.1, 0.15) is 11.9 Å². The van der Waals surface area contributed by atoms with E-state index in [1.165, 1.54) is 11.9 Å². The third-order valence-electron chi connectivity index (χ3n) is 6.29. The number of carbonyl (C=O) groups excluding carboxylic acids is 1. The fourth-order valence-electron chi connectivity index (χ4n) is 4.63. The maximum Gasteiger partial charge on any atom is 0.257 e. The largest absolute Gasteiger partial charge is 0.368 e. The van der Waals surface area contributed by atoms with Gasteiger partial charge in [-0.15, -0.1) is 0 Å². The van der Waals surface area contributed by atoms with Crippen LogP contribution in [0.15, 0.2) is 42.9 Å². The Kier molecular flexibility index (Phi) is 4.62. The molecule has 0 bridgehead atoms. The molecule has 2 aliphatic heterocycles. The monoisotopic (exact) mass is 403 g/mol. The highest BCUT2D eigenvalue weighted by molar-refractivity contribution is 5.96. The molecule has 1 saturated heterocycles. The van der Waals surface area contributed by atoms with E-state index in [9.17, 15) is 4.79 Å². The van der Waals surface area contributed by atoms with Crippen molar-refractivity contribution in [3.8, 4) is 5.69 Å². The summed E-state index contributed by atoms with van der Waals surface area (Å²) in [5.41, 5.74) is 4.97. The van der Waals surface area contributed by atoms with Crippen LogP contribution in [0.3, 0.4) is 0 Å².